The number of nitrogens with one attached hydrogen (secondary N) is 1. The third kappa shape index (κ3) is 5.38. The first-order valence-electron chi connectivity index (χ1n) is 11.3. The Balaban J connectivity index is 1.80. The number of aryl methyl sites for hydroxylation is 1. The van der Waals surface area contributed by atoms with Crippen molar-refractivity contribution in [2.24, 2.45) is 10.7 Å². The van der Waals surface area contributed by atoms with Crippen molar-refractivity contribution in [3.63, 3.8) is 0 Å². The third-order valence-electron chi connectivity index (χ3n) is 5.91. The van der Waals surface area contributed by atoms with E-state index in [0.717, 1.165) is 46.0 Å². The molecule has 3 N–H and O–H groups in total. The zero-order valence-corrected chi connectivity index (χ0v) is 19.6. The molecule has 1 aliphatic rings. The number of hydrogen-bond donors (Lipinski definition) is 2. The molecule has 0 aliphatic carbocycles. The van der Waals surface area contributed by atoms with Crippen LogP contribution >= 0.6 is 0 Å². The summed E-state index contributed by atoms with van der Waals surface area (Å²) in [5.41, 5.74) is 11.6. The summed E-state index contributed by atoms with van der Waals surface area (Å²) in [7, 11) is 1.68. The smallest absolute Gasteiger partial charge is 0.266 e. The quantitative estimate of drug-likeness (QED) is 0.405. The first-order valence-corrected chi connectivity index (χ1v) is 11.3. The maximum absolute atomic E-state index is 14.6. The molecule has 0 atom stereocenters. The number of rotatable bonds is 7. The molecule has 1 aliphatic heterocycles. The van der Waals surface area contributed by atoms with E-state index in [9.17, 15) is 13.2 Å². The van der Waals surface area contributed by atoms with Crippen LogP contribution < -0.4 is 11.1 Å². The second-order valence-corrected chi connectivity index (χ2v) is 8.28. The monoisotopic (exact) mass is 480 g/mol. The number of ether oxygens (including phenoxy) is 1. The van der Waals surface area contributed by atoms with Gasteiger partial charge in [-0.3, -0.25) is 9.98 Å². The van der Waals surface area contributed by atoms with E-state index >= 15 is 0 Å². The predicted molar refractivity (Wildman–Crippen MR) is 135 cm³/mol. The lowest BCUT2D eigenvalue weighted by molar-refractivity contribution is 0.146. The van der Waals surface area contributed by atoms with E-state index in [1.807, 2.05) is 31.2 Å². The van der Waals surface area contributed by atoms with Crippen molar-refractivity contribution in [3.05, 3.63) is 82.3 Å². The van der Waals surface area contributed by atoms with Crippen molar-refractivity contribution in [2.75, 3.05) is 25.6 Å². The van der Waals surface area contributed by atoms with E-state index in [2.05, 4.69) is 15.3 Å². The Morgan fingerprint density at radius 1 is 1.29 bits per heavy atom. The topological polar surface area (TPSA) is 72.5 Å². The highest BCUT2D eigenvalue weighted by molar-refractivity contribution is 5.98. The fraction of sp³-hybridized carbons (Fsp3) is 0.259. The van der Waals surface area contributed by atoms with Crippen LogP contribution in [0.4, 0.5) is 18.9 Å². The molecule has 0 saturated heterocycles. The number of allylic oxidation sites excluding steroid dienone is 1. The van der Waals surface area contributed by atoms with E-state index in [4.69, 9.17) is 10.5 Å². The van der Waals surface area contributed by atoms with Crippen LogP contribution in [-0.4, -0.2) is 31.5 Å². The molecule has 0 fully saturated rings. The van der Waals surface area contributed by atoms with Gasteiger partial charge in [-0.1, -0.05) is 24.3 Å². The summed E-state index contributed by atoms with van der Waals surface area (Å²) in [4.78, 5) is 8.67. The van der Waals surface area contributed by atoms with Gasteiger partial charge in [0.2, 0.25) is 0 Å². The second-order valence-electron chi connectivity index (χ2n) is 8.28. The van der Waals surface area contributed by atoms with Crippen molar-refractivity contribution in [1.29, 1.82) is 0 Å². The van der Waals surface area contributed by atoms with Gasteiger partial charge in [-0.25, -0.2) is 13.2 Å². The standard InChI is InChI=1S/C27H27F3N4O/c1-16-12-24(33-15-18-4-3-5-19(26(18)28)27(29)30)22-13-20(17-7-10-35-11-8-17)21(14-25(22)34-16)23(31)6-9-32-2/h3-7,9,12-14,27H,8,10-11,15,31H2,1-2H3,(H,33,34). The van der Waals surface area contributed by atoms with Crippen molar-refractivity contribution in [1.82, 2.24) is 4.98 Å². The molecule has 0 saturated carbocycles. The number of nitrogens with two attached hydrogens (primary N) is 1. The summed E-state index contributed by atoms with van der Waals surface area (Å²) in [6.45, 7) is 3.04. The molecule has 0 spiro atoms. The van der Waals surface area contributed by atoms with E-state index < -0.39 is 17.8 Å². The van der Waals surface area contributed by atoms with E-state index in [1.165, 1.54) is 12.1 Å². The van der Waals surface area contributed by atoms with Gasteiger partial charge in [0.1, 0.15) is 5.82 Å². The summed E-state index contributed by atoms with van der Waals surface area (Å²) in [5, 5.41) is 4.05. The van der Waals surface area contributed by atoms with Crippen LogP contribution in [0.2, 0.25) is 0 Å². The normalized spacial score (nSPS) is 14.7. The van der Waals surface area contributed by atoms with Crippen molar-refractivity contribution in [3.8, 4) is 0 Å². The maximum Gasteiger partial charge on any atom is 0.266 e. The van der Waals surface area contributed by atoms with E-state index in [1.54, 1.807) is 19.3 Å². The Morgan fingerprint density at radius 2 is 2.11 bits per heavy atom. The maximum atomic E-state index is 14.6. The van der Waals surface area contributed by atoms with Crippen molar-refractivity contribution in [2.45, 2.75) is 26.3 Å². The number of nitrogens with zero attached hydrogens (tertiary/aromatic N) is 2. The molecule has 0 bridgehead atoms. The molecule has 2 heterocycles. The average Bonchev–Trinajstić information content (AvgIpc) is 2.86. The largest absolute Gasteiger partial charge is 0.398 e. The number of hydrogen-bond acceptors (Lipinski definition) is 5. The minimum Gasteiger partial charge on any atom is -0.398 e. The lowest BCUT2D eigenvalue weighted by atomic mass is 9.92. The lowest BCUT2D eigenvalue weighted by Gasteiger charge is -2.20. The predicted octanol–water partition coefficient (Wildman–Crippen LogP) is 6.04. The highest BCUT2D eigenvalue weighted by Crippen LogP contribution is 2.34. The minimum absolute atomic E-state index is 0.0492. The molecule has 182 valence electrons. The van der Waals surface area contributed by atoms with Crippen LogP contribution in [0, 0.1) is 12.7 Å². The van der Waals surface area contributed by atoms with Gasteiger partial charge in [-0.15, -0.1) is 0 Å². The Hall–Kier alpha value is -3.65. The van der Waals surface area contributed by atoms with Gasteiger partial charge in [0.15, 0.2) is 0 Å². The van der Waals surface area contributed by atoms with Gasteiger partial charge < -0.3 is 15.8 Å². The summed E-state index contributed by atoms with van der Waals surface area (Å²) < 4.78 is 46.3. The van der Waals surface area contributed by atoms with Gasteiger partial charge in [-0.2, -0.15) is 0 Å². The molecule has 0 amide bonds. The molecule has 0 radical (unpaired) electrons. The van der Waals surface area contributed by atoms with E-state index in [0.29, 0.717) is 24.4 Å². The van der Waals surface area contributed by atoms with Gasteiger partial charge in [0, 0.05) is 53.4 Å². The molecule has 1 aromatic heterocycles. The van der Waals surface area contributed by atoms with Crippen LogP contribution in [0.1, 0.15) is 40.8 Å². The Kier molecular flexibility index (Phi) is 7.51. The molecular formula is C27H27F3N4O. The Bertz CT molecular complexity index is 1330. The molecule has 5 nitrogen and oxygen atoms in total. The zero-order chi connectivity index (χ0) is 24.9. The summed E-state index contributed by atoms with van der Waals surface area (Å²) in [6.07, 6.45) is 3.29. The average molecular weight is 481 g/mol. The van der Waals surface area contributed by atoms with Crippen molar-refractivity contribution >= 4 is 34.1 Å². The van der Waals surface area contributed by atoms with Crippen LogP contribution in [0.5, 0.6) is 0 Å². The van der Waals surface area contributed by atoms with Crippen LogP contribution in [0.15, 0.2) is 53.5 Å². The molecular weight excluding hydrogens is 453 g/mol. The fourth-order valence-corrected chi connectivity index (χ4v) is 4.17. The third-order valence-corrected chi connectivity index (χ3v) is 5.91. The molecule has 2 aromatic carbocycles. The number of alkyl halides is 2. The summed E-state index contributed by atoms with van der Waals surface area (Å²) in [5.74, 6) is -0.893. The zero-order valence-electron chi connectivity index (χ0n) is 19.6. The van der Waals surface area contributed by atoms with Crippen molar-refractivity contribution < 1.29 is 17.9 Å². The molecule has 35 heavy (non-hydrogen) atoms. The van der Waals surface area contributed by atoms with Gasteiger partial charge >= 0.3 is 0 Å². The van der Waals surface area contributed by atoms with Crippen LogP contribution in [0.25, 0.3) is 22.2 Å². The fourth-order valence-electron chi connectivity index (χ4n) is 4.17. The number of aliphatic imine (C=N–C) groups is 1. The van der Waals surface area contributed by atoms with Gasteiger partial charge in [0.05, 0.1) is 24.3 Å². The summed E-state index contributed by atoms with van der Waals surface area (Å²) in [6, 6.07) is 9.86. The summed E-state index contributed by atoms with van der Waals surface area (Å²) >= 11 is 0. The number of aromatic nitrogens is 1. The number of fused-ring (bicyclic) bond motifs is 1. The first kappa shape index (κ1) is 24.5. The lowest BCUT2D eigenvalue weighted by Crippen LogP contribution is -2.09. The van der Waals surface area contributed by atoms with Crippen LogP contribution in [0.3, 0.4) is 0 Å². The number of halogens is 3. The SMILES string of the molecule is CN=CC=C(N)c1cc2nc(C)cc(NCc3cccc(C(F)F)c3F)c2cc1C1=CCOCC1. The van der Waals surface area contributed by atoms with Gasteiger partial charge in [-0.05, 0) is 48.8 Å². The molecule has 3 aromatic rings. The van der Waals surface area contributed by atoms with Crippen LogP contribution in [-0.2, 0) is 11.3 Å². The number of pyridine rings is 1. The number of anilines is 1. The Labute approximate surface area is 202 Å². The number of benzene rings is 2. The minimum atomic E-state index is -2.87. The highest BCUT2D eigenvalue weighted by atomic mass is 19.3. The van der Waals surface area contributed by atoms with Gasteiger partial charge in [0.25, 0.3) is 6.43 Å². The molecule has 8 heteroatoms. The molecule has 4 rings (SSSR count). The van der Waals surface area contributed by atoms with E-state index in [-0.39, 0.29) is 12.1 Å². The molecule has 0 unspecified atom stereocenters. The highest BCUT2D eigenvalue weighted by Gasteiger charge is 2.18. The second kappa shape index (κ2) is 10.7. The Morgan fingerprint density at radius 3 is 2.83 bits per heavy atom. The first-order chi connectivity index (χ1) is 16.9.